The highest BCUT2D eigenvalue weighted by Gasteiger charge is 2.14. The van der Waals surface area contributed by atoms with Gasteiger partial charge in [0.2, 0.25) is 5.88 Å². The molecule has 5 nitrogen and oxygen atoms in total. The molecule has 2 aromatic heterocycles. The van der Waals surface area contributed by atoms with Gasteiger partial charge >= 0.3 is 0 Å². The zero-order chi connectivity index (χ0) is 16.9. The van der Waals surface area contributed by atoms with Crippen LogP contribution in [-0.4, -0.2) is 29.0 Å². The van der Waals surface area contributed by atoms with E-state index < -0.39 is 0 Å². The van der Waals surface area contributed by atoms with Gasteiger partial charge in [-0.25, -0.2) is 9.97 Å². The predicted molar refractivity (Wildman–Crippen MR) is 96.6 cm³/mol. The first-order valence-corrected chi connectivity index (χ1v) is 9.25. The van der Waals surface area contributed by atoms with Gasteiger partial charge in [0.25, 0.3) is 5.91 Å². The van der Waals surface area contributed by atoms with E-state index in [0.29, 0.717) is 12.4 Å². The van der Waals surface area contributed by atoms with Crippen molar-refractivity contribution in [2.45, 2.75) is 46.0 Å². The quantitative estimate of drug-likeness (QED) is 0.811. The number of nitrogens with one attached hydrogen (secondary N) is 1. The topological polar surface area (TPSA) is 64.1 Å². The van der Waals surface area contributed by atoms with E-state index in [9.17, 15) is 4.79 Å². The molecule has 1 amide bonds. The van der Waals surface area contributed by atoms with Crippen LogP contribution in [0.15, 0.2) is 18.0 Å². The second-order valence-corrected chi connectivity index (χ2v) is 7.34. The van der Waals surface area contributed by atoms with E-state index in [2.05, 4.69) is 28.3 Å². The number of hydrogen-bond acceptors (Lipinski definition) is 5. The number of fused-ring (bicyclic) bond motifs is 1. The minimum atomic E-state index is -0.109. The van der Waals surface area contributed by atoms with E-state index in [1.165, 1.54) is 42.5 Å². The highest BCUT2D eigenvalue weighted by atomic mass is 32.1. The second kappa shape index (κ2) is 7.75. The van der Waals surface area contributed by atoms with Crippen LogP contribution in [0.3, 0.4) is 0 Å². The van der Waals surface area contributed by atoms with Crippen LogP contribution >= 0.6 is 11.3 Å². The van der Waals surface area contributed by atoms with E-state index >= 15 is 0 Å². The minimum Gasteiger partial charge on any atom is -0.467 e. The summed E-state index contributed by atoms with van der Waals surface area (Å²) in [5.41, 5.74) is 2.58. The molecule has 0 bridgehead atoms. The largest absolute Gasteiger partial charge is 0.467 e. The van der Waals surface area contributed by atoms with Gasteiger partial charge in [-0.2, -0.15) is 0 Å². The Balaban J connectivity index is 1.52. The van der Waals surface area contributed by atoms with Crippen LogP contribution in [0.2, 0.25) is 0 Å². The Morgan fingerprint density at radius 1 is 1.33 bits per heavy atom. The fourth-order valence-corrected chi connectivity index (χ4v) is 3.93. The molecule has 1 aliphatic rings. The predicted octanol–water partition coefficient (Wildman–Crippen LogP) is 3.69. The molecule has 3 rings (SSSR count). The van der Waals surface area contributed by atoms with Crippen molar-refractivity contribution in [1.82, 2.24) is 15.3 Å². The minimum absolute atomic E-state index is 0.0144. The van der Waals surface area contributed by atoms with Crippen LogP contribution in [-0.2, 0) is 4.79 Å². The van der Waals surface area contributed by atoms with Crippen LogP contribution in [0.25, 0.3) is 10.2 Å². The summed E-state index contributed by atoms with van der Waals surface area (Å²) in [5, 5.41) is 3.84. The van der Waals surface area contributed by atoms with Gasteiger partial charge in [-0.05, 0) is 51.5 Å². The number of amides is 1. The summed E-state index contributed by atoms with van der Waals surface area (Å²) in [7, 11) is 0. The van der Waals surface area contributed by atoms with Gasteiger partial charge in [0, 0.05) is 11.4 Å². The number of thiophene rings is 1. The number of nitrogens with zero attached hydrogens (tertiary/aromatic N) is 2. The number of hydrogen-bond donors (Lipinski definition) is 1. The molecular weight excluding hydrogens is 322 g/mol. The van der Waals surface area contributed by atoms with Crippen LogP contribution < -0.4 is 10.1 Å². The van der Waals surface area contributed by atoms with Crippen molar-refractivity contribution in [3.63, 3.8) is 0 Å². The molecule has 0 aliphatic heterocycles. The first kappa shape index (κ1) is 16.9. The molecule has 6 heteroatoms. The van der Waals surface area contributed by atoms with Gasteiger partial charge in [-0.1, -0.05) is 11.6 Å². The Morgan fingerprint density at radius 3 is 3.00 bits per heavy atom. The van der Waals surface area contributed by atoms with Crippen molar-refractivity contribution in [3.05, 3.63) is 28.4 Å². The van der Waals surface area contributed by atoms with Crippen molar-refractivity contribution < 1.29 is 9.53 Å². The zero-order valence-corrected chi connectivity index (χ0v) is 15.0. The Morgan fingerprint density at radius 2 is 2.21 bits per heavy atom. The molecule has 0 saturated heterocycles. The summed E-state index contributed by atoms with van der Waals surface area (Å²) in [6, 6.07) is 0. The van der Waals surface area contributed by atoms with Gasteiger partial charge in [0.15, 0.2) is 6.61 Å². The number of rotatable bonds is 6. The van der Waals surface area contributed by atoms with Crippen LogP contribution in [0.5, 0.6) is 5.88 Å². The maximum Gasteiger partial charge on any atom is 0.258 e. The first-order chi connectivity index (χ1) is 11.6. The molecule has 24 heavy (non-hydrogen) atoms. The van der Waals surface area contributed by atoms with Gasteiger partial charge in [-0.15, -0.1) is 11.3 Å². The standard InChI is InChI=1S/C18H23N3O2S/c1-12-13(2)24-18-16(12)17(20-11-21-18)23-10-15(22)19-9-8-14-6-4-3-5-7-14/h6,11H,3-5,7-10H2,1-2H3,(H,19,22). The molecule has 1 N–H and O–H groups in total. The van der Waals surface area contributed by atoms with Crippen molar-refractivity contribution >= 4 is 27.5 Å². The molecule has 0 spiro atoms. The summed E-state index contributed by atoms with van der Waals surface area (Å²) in [6.07, 6.45) is 9.64. The van der Waals surface area contributed by atoms with E-state index in [4.69, 9.17) is 4.74 Å². The number of allylic oxidation sites excluding steroid dienone is 1. The first-order valence-electron chi connectivity index (χ1n) is 8.43. The molecule has 0 atom stereocenters. The number of aromatic nitrogens is 2. The lowest BCUT2D eigenvalue weighted by molar-refractivity contribution is -0.123. The number of carbonyl (C=O) groups excluding carboxylic acids is 1. The number of ether oxygens (including phenoxy) is 1. The summed E-state index contributed by atoms with van der Waals surface area (Å²) in [6.45, 7) is 4.74. The van der Waals surface area contributed by atoms with Crippen molar-refractivity contribution in [2.24, 2.45) is 0 Å². The van der Waals surface area contributed by atoms with E-state index in [-0.39, 0.29) is 12.5 Å². The Hall–Kier alpha value is -1.95. The number of carbonyl (C=O) groups is 1. The molecule has 0 saturated carbocycles. The van der Waals surface area contributed by atoms with Crippen molar-refractivity contribution in [2.75, 3.05) is 13.2 Å². The molecule has 2 aromatic rings. The summed E-state index contributed by atoms with van der Waals surface area (Å²) in [5.74, 6) is 0.384. The smallest absolute Gasteiger partial charge is 0.258 e. The molecule has 128 valence electrons. The van der Waals surface area contributed by atoms with Gasteiger partial charge in [0.05, 0.1) is 5.39 Å². The molecule has 1 aliphatic carbocycles. The van der Waals surface area contributed by atoms with E-state index in [1.54, 1.807) is 11.3 Å². The normalized spacial score (nSPS) is 14.5. The molecule has 2 heterocycles. The average Bonchev–Trinajstić information content (AvgIpc) is 2.89. The maximum absolute atomic E-state index is 12.0. The lowest BCUT2D eigenvalue weighted by Gasteiger charge is -2.13. The Kier molecular flexibility index (Phi) is 5.45. The summed E-state index contributed by atoms with van der Waals surface area (Å²) >= 11 is 1.62. The molecule has 0 aromatic carbocycles. The summed E-state index contributed by atoms with van der Waals surface area (Å²) in [4.78, 5) is 22.5. The van der Waals surface area contributed by atoms with E-state index in [0.717, 1.165) is 22.2 Å². The zero-order valence-electron chi connectivity index (χ0n) is 14.2. The average molecular weight is 345 g/mol. The Bertz CT molecular complexity index is 767. The third-order valence-electron chi connectivity index (χ3n) is 4.42. The molecular formula is C18H23N3O2S. The van der Waals surface area contributed by atoms with Crippen LogP contribution in [0, 0.1) is 13.8 Å². The highest BCUT2D eigenvalue weighted by molar-refractivity contribution is 7.18. The maximum atomic E-state index is 12.0. The fraction of sp³-hybridized carbons (Fsp3) is 0.500. The summed E-state index contributed by atoms with van der Waals surface area (Å²) < 4.78 is 5.65. The van der Waals surface area contributed by atoms with E-state index in [1.807, 2.05) is 6.92 Å². The van der Waals surface area contributed by atoms with Crippen molar-refractivity contribution in [3.8, 4) is 5.88 Å². The number of aryl methyl sites for hydroxylation is 2. The van der Waals surface area contributed by atoms with Gasteiger partial charge in [0.1, 0.15) is 11.2 Å². The highest BCUT2D eigenvalue weighted by Crippen LogP contribution is 2.33. The second-order valence-electron chi connectivity index (χ2n) is 6.14. The molecule has 0 unspecified atom stereocenters. The van der Waals surface area contributed by atoms with Crippen LogP contribution in [0.4, 0.5) is 0 Å². The Labute approximate surface area is 146 Å². The lowest BCUT2D eigenvalue weighted by atomic mass is 9.97. The SMILES string of the molecule is Cc1sc2ncnc(OCC(=O)NCCC3=CCCCC3)c2c1C. The molecule has 0 fully saturated rings. The lowest BCUT2D eigenvalue weighted by Crippen LogP contribution is -2.30. The third kappa shape index (κ3) is 3.93. The van der Waals surface area contributed by atoms with Gasteiger partial charge in [-0.3, -0.25) is 4.79 Å². The monoisotopic (exact) mass is 345 g/mol. The van der Waals surface area contributed by atoms with Crippen LogP contribution in [0.1, 0.15) is 42.5 Å². The van der Waals surface area contributed by atoms with Crippen molar-refractivity contribution in [1.29, 1.82) is 0 Å². The third-order valence-corrected chi connectivity index (χ3v) is 5.54. The van der Waals surface area contributed by atoms with Gasteiger partial charge < -0.3 is 10.1 Å². The molecule has 0 radical (unpaired) electrons. The fourth-order valence-electron chi connectivity index (χ4n) is 2.94.